The van der Waals surface area contributed by atoms with Gasteiger partial charge in [0.15, 0.2) is 5.78 Å². The van der Waals surface area contributed by atoms with Crippen LogP contribution >= 0.6 is 11.6 Å². The maximum Gasteiger partial charge on any atom is 0.274 e. The summed E-state index contributed by atoms with van der Waals surface area (Å²) in [5.41, 5.74) is 2.34. The van der Waals surface area contributed by atoms with Crippen molar-refractivity contribution in [1.29, 1.82) is 0 Å². The maximum absolute atomic E-state index is 11.8. The van der Waals surface area contributed by atoms with E-state index in [9.17, 15) is 14.9 Å². The van der Waals surface area contributed by atoms with Gasteiger partial charge in [-0.1, -0.05) is 11.6 Å². The van der Waals surface area contributed by atoms with E-state index in [4.69, 9.17) is 11.6 Å². The fourth-order valence-corrected chi connectivity index (χ4v) is 2.92. The number of rotatable bonds is 3. The molecule has 0 bridgehead atoms. The van der Waals surface area contributed by atoms with Crippen LogP contribution in [0.25, 0.3) is 0 Å². The van der Waals surface area contributed by atoms with Gasteiger partial charge in [0.25, 0.3) is 5.69 Å². The maximum atomic E-state index is 11.8. The lowest BCUT2D eigenvalue weighted by Crippen LogP contribution is -2.07. The minimum Gasteiger partial charge on any atom is -0.349 e. The Morgan fingerprint density at radius 2 is 2.10 bits per heavy atom. The summed E-state index contributed by atoms with van der Waals surface area (Å²) in [6.07, 6.45) is 6.01. The summed E-state index contributed by atoms with van der Waals surface area (Å²) in [6.45, 7) is 0.331. The number of nitrogens with zero attached hydrogens (tertiary/aromatic N) is 2. The lowest BCUT2D eigenvalue weighted by Gasteiger charge is -2.07. The van der Waals surface area contributed by atoms with Crippen LogP contribution in [-0.2, 0) is 13.0 Å². The van der Waals surface area contributed by atoms with Crippen LogP contribution in [0.1, 0.15) is 34.3 Å². The number of Topliss-reactive ketones (excluding diaryl/α,β-unsaturated/α-hetero) is 1. The lowest BCUT2D eigenvalue weighted by atomic mass is 9.95. The van der Waals surface area contributed by atoms with Gasteiger partial charge in [-0.2, -0.15) is 0 Å². The van der Waals surface area contributed by atoms with Crippen LogP contribution in [0.4, 0.5) is 5.69 Å². The summed E-state index contributed by atoms with van der Waals surface area (Å²) in [6, 6.07) is 4.51. The molecule has 21 heavy (non-hydrogen) atoms. The second-order valence-electron chi connectivity index (χ2n) is 5.18. The fraction of sp³-hybridized carbons (Fsp3) is 0.267. The van der Waals surface area contributed by atoms with Crippen molar-refractivity contribution in [2.24, 2.45) is 0 Å². The van der Waals surface area contributed by atoms with Crippen LogP contribution in [-0.4, -0.2) is 15.3 Å². The summed E-state index contributed by atoms with van der Waals surface area (Å²) >= 11 is 5.93. The molecule has 0 amide bonds. The molecular formula is C15H13ClN2O3. The normalized spacial score (nSPS) is 14.0. The Labute approximate surface area is 126 Å². The van der Waals surface area contributed by atoms with E-state index in [0.717, 1.165) is 24.0 Å². The first-order valence-electron chi connectivity index (χ1n) is 6.69. The predicted molar refractivity (Wildman–Crippen MR) is 78.9 cm³/mol. The van der Waals surface area contributed by atoms with Crippen molar-refractivity contribution in [3.05, 3.63) is 62.4 Å². The van der Waals surface area contributed by atoms with Gasteiger partial charge in [-0.05, 0) is 30.5 Å². The quantitative estimate of drug-likeness (QED) is 0.642. The molecule has 1 aliphatic carbocycles. The number of nitro groups is 1. The number of halogens is 1. The highest BCUT2D eigenvalue weighted by Crippen LogP contribution is 2.26. The summed E-state index contributed by atoms with van der Waals surface area (Å²) in [5.74, 6) is 0.149. The number of carbonyl (C=O) groups excluding carboxylic acids is 1. The molecule has 0 spiro atoms. The first kappa shape index (κ1) is 13.8. The fourth-order valence-electron chi connectivity index (χ4n) is 2.73. The molecule has 0 atom stereocenters. The zero-order chi connectivity index (χ0) is 15.0. The van der Waals surface area contributed by atoms with Gasteiger partial charge in [-0.3, -0.25) is 14.9 Å². The van der Waals surface area contributed by atoms with E-state index in [1.165, 1.54) is 12.1 Å². The van der Waals surface area contributed by atoms with Crippen molar-refractivity contribution >= 4 is 23.1 Å². The highest BCUT2D eigenvalue weighted by atomic mass is 35.5. The van der Waals surface area contributed by atoms with Crippen LogP contribution in [0.2, 0.25) is 5.02 Å². The number of hydrogen-bond donors (Lipinski definition) is 0. The molecule has 0 saturated heterocycles. The van der Waals surface area contributed by atoms with Crippen LogP contribution in [0.15, 0.2) is 30.6 Å². The molecule has 0 saturated carbocycles. The third kappa shape index (κ3) is 2.69. The molecule has 108 valence electrons. The lowest BCUT2D eigenvalue weighted by molar-refractivity contribution is -0.385. The third-order valence-electron chi connectivity index (χ3n) is 3.70. The van der Waals surface area contributed by atoms with Crippen molar-refractivity contribution in [3.63, 3.8) is 0 Å². The van der Waals surface area contributed by atoms with E-state index >= 15 is 0 Å². The molecule has 0 N–H and O–H groups in total. The van der Waals surface area contributed by atoms with Crippen molar-refractivity contribution < 1.29 is 9.72 Å². The van der Waals surface area contributed by atoms with E-state index in [2.05, 4.69) is 0 Å². The summed E-state index contributed by atoms with van der Waals surface area (Å²) in [7, 11) is 0. The smallest absolute Gasteiger partial charge is 0.274 e. The molecule has 2 aromatic rings. The number of hydrogen-bond acceptors (Lipinski definition) is 3. The topological polar surface area (TPSA) is 65.1 Å². The first-order valence-corrected chi connectivity index (χ1v) is 7.07. The monoisotopic (exact) mass is 304 g/mol. The summed E-state index contributed by atoms with van der Waals surface area (Å²) < 4.78 is 1.83. The average Bonchev–Trinajstić information content (AvgIpc) is 2.82. The third-order valence-corrected chi connectivity index (χ3v) is 3.94. The van der Waals surface area contributed by atoms with Gasteiger partial charge in [0, 0.05) is 35.5 Å². The van der Waals surface area contributed by atoms with E-state index in [1.807, 2.05) is 10.8 Å². The van der Waals surface area contributed by atoms with Gasteiger partial charge >= 0.3 is 0 Å². The number of carbonyl (C=O) groups is 1. The molecule has 1 aromatic carbocycles. The van der Waals surface area contributed by atoms with Crippen molar-refractivity contribution in [1.82, 2.24) is 4.57 Å². The van der Waals surface area contributed by atoms with Crippen LogP contribution in [0.3, 0.4) is 0 Å². The number of nitro benzene ring substituents is 1. The second-order valence-corrected chi connectivity index (χ2v) is 5.61. The molecule has 0 aliphatic heterocycles. The zero-order valence-electron chi connectivity index (χ0n) is 11.2. The molecule has 0 radical (unpaired) electrons. The van der Waals surface area contributed by atoms with E-state index in [-0.39, 0.29) is 11.5 Å². The van der Waals surface area contributed by atoms with Crippen LogP contribution < -0.4 is 0 Å². The minimum absolute atomic E-state index is 0.0393. The minimum atomic E-state index is -0.416. The Balaban J connectivity index is 1.96. The average molecular weight is 305 g/mol. The SMILES string of the molecule is O=C1CCCc2cn(Cc3cc(Cl)ccc3[N+](=O)[O-])cc21. The highest BCUT2D eigenvalue weighted by Gasteiger charge is 2.20. The Morgan fingerprint density at radius 3 is 2.81 bits per heavy atom. The highest BCUT2D eigenvalue weighted by molar-refractivity contribution is 6.30. The number of benzene rings is 1. The zero-order valence-corrected chi connectivity index (χ0v) is 12.0. The Kier molecular flexibility index (Phi) is 3.51. The van der Waals surface area contributed by atoms with Gasteiger partial charge < -0.3 is 4.57 Å². The number of aromatic nitrogens is 1. The van der Waals surface area contributed by atoms with Crippen molar-refractivity contribution in [2.75, 3.05) is 0 Å². The predicted octanol–water partition coefficient (Wildman–Crippen LogP) is 3.62. The first-order chi connectivity index (χ1) is 10.0. The number of aryl methyl sites for hydroxylation is 1. The van der Waals surface area contributed by atoms with Gasteiger partial charge in [0.1, 0.15) is 0 Å². The van der Waals surface area contributed by atoms with E-state index in [1.54, 1.807) is 12.3 Å². The Hall–Kier alpha value is -2.14. The molecule has 1 aliphatic rings. The number of ketones is 1. The molecular weight excluding hydrogens is 292 g/mol. The standard InChI is InChI=1S/C15H13ClN2O3/c16-12-4-5-14(18(20)21)11(6-12)8-17-7-10-2-1-3-15(19)13(10)9-17/h4-7,9H,1-3,8H2. The summed E-state index contributed by atoms with van der Waals surface area (Å²) in [4.78, 5) is 22.5. The molecule has 0 fully saturated rings. The van der Waals surface area contributed by atoms with Gasteiger partial charge in [0.05, 0.1) is 17.0 Å². The Morgan fingerprint density at radius 1 is 1.29 bits per heavy atom. The summed E-state index contributed by atoms with van der Waals surface area (Å²) in [5, 5.41) is 11.5. The van der Waals surface area contributed by atoms with Crippen molar-refractivity contribution in [3.8, 4) is 0 Å². The second kappa shape index (κ2) is 5.33. The van der Waals surface area contributed by atoms with E-state index in [0.29, 0.717) is 23.6 Å². The molecule has 1 heterocycles. The van der Waals surface area contributed by atoms with Gasteiger partial charge in [-0.25, -0.2) is 0 Å². The van der Waals surface area contributed by atoms with Crippen molar-refractivity contribution in [2.45, 2.75) is 25.8 Å². The molecule has 5 nitrogen and oxygen atoms in total. The van der Waals surface area contributed by atoms with E-state index < -0.39 is 4.92 Å². The Bertz CT molecular complexity index is 737. The van der Waals surface area contributed by atoms with Gasteiger partial charge in [0.2, 0.25) is 0 Å². The number of fused-ring (bicyclic) bond motifs is 1. The molecule has 0 unspecified atom stereocenters. The van der Waals surface area contributed by atoms with Gasteiger partial charge in [-0.15, -0.1) is 0 Å². The van der Waals surface area contributed by atoms with Crippen LogP contribution in [0, 0.1) is 10.1 Å². The van der Waals surface area contributed by atoms with Crippen LogP contribution in [0.5, 0.6) is 0 Å². The largest absolute Gasteiger partial charge is 0.349 e. The molecule has 6 heteroatoms. The molecule has 3 rings (SSSR count). The molecule has 1 aromatic heterocycles.